The first-order chi connectivity index (χ1) is 11.2. The molecule has 5 heteroatoms. The molecule has 0 aliphatic heterocycles. The van der Waals surface area contributed by atoms with Crippen LogP contribution in [0.3, 0.4) is 0 Å². The third kappa shape index (κ3) is 3.51. The number of methoxy groups -OCH3 is 1. The number of ether oxygens (including phenoxy) is 1. The molecule has 0 aliphatic rings. The van der Waals surface area contributed by atoms with E-state index >= 15 is 0 Å². The summed E-state index contributed by atoms with van der Waals surface area (Å²) in [5, 5.41) is 2.92. The van der Waals surface area contributed by atoms with Crippen LogP contribution in [0.15, 0.2) is 46.9 Å². The Hall–Kier alpha value is -2.82. The number of aromatic nitrogens is 1. The lowest BCUT2D eigenvalue weighted by molar-refractivity contribution is 0.0954. The van der Waals surface area contributed by atoms with Crippen molar-refractivity contribution in [1.29, 1.82) is 0 Å². The molecule has 0 saturated heterocycles. The van der Waals surface area contributed by atoms with Gasteiger partial charge < -0.3 is 14.5 Å². The molecule has 5 nitrogen and oxygen atoms in total. The predicted octanol–water partition coefficient (Wildman–Crippen LogP) is 3.12. The maximum atomic E-state index is 12.2. The van der Waals surface area contributed by atoms with Crippen LogP contribution in [0.2, 0.25) is 0 Å². The van der Waals surface area contributed by atoms with Gasteiger partial charge in [0.25, 0.3) is 5.91 Å². The molecule has 118 valence electrons. The zero-order valence-electron chi connectivity index (χ0n) is 13.1. The van der Waals surface area contributed by atoms with Crippen molar-refractivity contribution in [2.45, 2.75) is 13.3 Å². The molecular formula is C18H18N2O3. The van der Waals surface area contributed by atoms with Crippen LogP contribution in [-0.4, -0.2) is 24.5 Å². The highest BCUT2D eigenvalue weighted by Crippen LogP contribution is 2.17. The lowest BCUT2D eigenvalue weighted by atomic mass is 10.1. The van der Waals surface area contributed by atoms with E-state index in [9.17, 15) is 4.79 Å². The van der Waals surface area contributed by atoms with E-state index in [4.69, 9.17) is 9.15 Å². The first-order valence-corrected chi connectivity index (χ1v) is 7.44. The summed E-state index contributed by atoms with van der Waals surface area (Å²) >= 11 is 0. The van der Waals surface area contributed by atoms with E-state index < -0.39 is 0 Å². The number of amides is 1. The quantitative estimate of drug-likeness (QED) is 0.786. The second kappa shape index (κ2) is 6.52. The van der Waals surface area contributed by atoms with Gasteiger partial charge in [0.2, 0.25) is 0 Å². The van der Waals surface area contributed by atoms with E-state index in [1.165, 1.54) is 0 Å². The van der Waals surface area contributed by atoms with Crippen LogP contribution in [0, 0.1) is 6.92 Å². The Morgan fingerprint density at radius 2 is 2.13 bits per heavy atom. The molecule has 0 bridgehead atoms. The molecule has 23 heavy (non-hydrogen) atoms. The summed E-state index contributed by atoms with van der Waals surface area (Å²) in [6.45, 7) is 2.34. The number of benzene rings is 2. The van der Waals surface area contributed by atoms with Crippen LogP contribution in [-0.2, 0) is 6.42 Å². The fraction of sp³-hybridized carbons (Fsp3) is 0.222. The molecule has 1 heterocycles. The normalized spacial score (nSPS) is 10.7. The monoisotopic (exact) mass is 310 g/mol. The summed E-state index contributed by atoms with van der Waals surface area (Å²) < 4.78 is 10.6. The Morgan fingerprint density at radius 3 is 2.96 bits per heavy atom. The maximum Gasteiger partial charge on any atom is 0.251 e. The zero-order valence-corrected chi connectivity index (χ0v) is 13.1. The molecule has 0 radical (unpaired) electrons. The van der Waals surface area contributed by atoms with Gasteiger partial charge in [0.05, 0.1) is 7.11 Å². The summed E-state index contributed by atoms with van der Waals surface area (Å²) in [4.78, 5) is 16.5. The molecule has 0 spiro atoms. The number of nitrogens with zero attached hydrogens (tertiary/aromatic N) is 1. The number of oxazole rings is 1. The van der Waals surface area contributed by atoms with Gasteiger partial charge in [-0.3, -0.25) is 4.79 Å². The summed E-state index contributed by atoms with van der Waals surface area (Å²) in [6, 6.07) is 13.1. The van der Waals surface area contributed by atoms with Crippen molar-refractivity contribution in [1.82, 2.24) is 10.3 Å². The van der Waals surface area contributed by atoms with E-state index in [0.717, 1.165) is 17.7 Å². The lowest BCUT2D eigenvalue weighted by Gasteiger charge is -2.07. The molecule has 2 aromatic carbocycles. The maximum absolute atomic E-state index is 12.2. The number of rotatable bonds is 5. The number of carbonyl (C=O) groups is 1. The second-order valence-corrected chi connectivity index (χ2v) is 5.27. The molecule has 1 N–H and O–H groups in total. The van der Waals surface area contributed by atoms with Crippen molar-refractivity contribution in [3.63, 3.8) is 0 Å². The Labute approximate surface area is 134 Å². The van der Waals surface area contributed by atoms with E-state index in [-0.39, 0.29) is 5.91 Å². The summed E-state index contributed by atoms with van der Waals surface area (Å²) in [5.74, 6) is 1.30. The van der Waals surface area contributed by atoms with Crippen molar-refractivity contribution >= 4 is 17.0 Å². The molecule has 0 aliphatic carbocycles. The van der Waals surface area contributed by atoms with Crippen LogP contribution >= 0.6 is 0 Å². The summed E-state index contributed by atoms with van der Waals surface area (Å²) in [5.41, 5.74) is 3.09. The topological polar surface area (TPSA) is 64.4 Å². The largest absolute Gasteiger partial charge is 0.497 e. The van der Waals surface area contributed by atoms with Crippen molar-refractivity contribution in [3.05, 3.63) is 59.5 Å². The zero-order chi connectivity index (χ0) is 16.2. The van der Waals surface area contributed by atoms with Gasteiger partial charge in [0, 0.05) is 19.0 Å². The van der Waals surface area contributed by atoms with E-state index in [1.54, 1.807) is 32.2 Å². The van der Waals surface area contributed by atoms with Crippen molar-refractivity contribution in [2.75, 3.05) is 13.7 Å². The molecule has 3 aromatic rings. The molecule has 0 fully saturated rings. The molecule has 0 unspecified atom stereocenters. The standard InChI is InChI=1S/C18H18N2O3/c1-12-20-16-11-14(6-7-17(16)23-12)18(21)19-9-8-13-4-3-5-15(10-13)22-2/h3-7,10-11H,8-9H2,1-2H3,(H,19,21). The lowest BCUT2D eigenvalue weighted by Crippen LogP contribution is -2.25. The minimum absolute atomic E-state index is 0.115. The molecule has 0 atom stereocenters. The Morgan fingerprint density at radius 1 is 1.26 bits per heavy atom. The SMILES string of the molecule is COc1cccc(CCNC(=O)c2ccc3oc(C)nc3c2)c1. The average Bonchev–Trinajstić information content (AvgIpc) is 2.94. The number of fused-ring (bicyclic) bond motifs is 1. The molecular weight excluding hydrogens is 292 g/mol. The van der Waals surface area contributed by atoms with E-state index in [2.05, 4.69) is 10.3 Å². The number of carbonyl (C=O) groups excluding carboxylic acids is 1. The van der Waals surface area contributed by atoms with E-state index in [1.807, 2.05) is 24.3 Å². The Balaban J connectivity index is 1.61. The van der Waals surface area contributed by atoms with E-state index in [0.29, 0.717) is 29.1 Å². The van der Waals surface area contributed by atoms with Gasteiger partial charge in [-0.05, 0) is 42.3 Å². The van der Waals surface area contributed by atoms with Gasteiger partial charge in [0.1, 0.15) is 11.3 Å². The Bertz CT molecular complexity index is 839. The van der Waals surface area contributed by atoms with Gasteiger partial charge in [-0.1, -0.05) is 12.1 Å². The number of aryl methyl sites for hydroxylation is 1. The highest BCUT2D eigenvalue weighted by molar-refractivity contribution is 5.97. The number of hydrogen-bond donors (Lipinski definition) is 1. The van der Waals surface area contributed by atoms with Gasteiger partial charge >= 0.3 is 0 Å². The highest BCUT2D eigenvalue weighted by Gasteiger charge is 2.09. The Kier molecular flexibility index (Phi) is 4.28. The van der Waals surface area contributed by atoms with Gasteiger partial charge in [0.15, 0.2) is 11.5 Å². The fourth-order valence-corrected chi connectivity index (χ4v) is 2.43. The molecule has 0 saturated carbocycles. The molecule has 1 aromatic heterocycles. The first kappa shape index (κ1) is 15.1. The smallest absolute Gasteiger partial charge is 0.251 e. The summed E-state index contributed by atoms with van der Waals surface area (Å²) in [6.07, 6.45) is 0.744. The van der Waals surface area contributed by atoms with Crippen LogP contribution in [0.5, 0.6) is 5.75 Å². The predicted molar refractivity (Wildman–Crippen MR) is 87.8 cm³/mol. The van der Waals surface area contributed by atoms with Gasteiger partial charge in [-0.2, -0.15) is 0 Å². The first-order valence-electron chi connectivity index (χ1n) is 7.44. The van der Waals surface area contributed by atoms with Crippen LogP contribution < -0.4 is 10.1 Å². The third-order valence-corrected chi connectivity index (χ3v) is 3.59. The molecule has 3 rings (SSSR count). The van der Waals surface area contributed by atoms with Crippen LogP contribution in [0.25, 0.3) is 11.1 Å². The van der Waals surface area contributed by atoms with Crippen LogP contribution in [0.1, 0.15) is 21.8 Å². The number of hydrogen-bond acceptors (Lipinski definition) is 4. The minimum Gasteiger partial charge on any atom is -0.497 e. The van der Waals surface area contributed by atoms with Crippen molar-refractivity contribution < 1.29 is 13.9 Å². The second-order valence-electron chi connectivity index (χ2n) is 5.27. The average molecular weight is 310 g/mol. The summed E-state index contributed by atoms with van der Waals surface area (Å²) in [7, 11) is 1.64. The van der Waals surface area contributed by atoms with Crippen molar-refractivity contribution in [3.8, 4) is 5.75 Å². The van der Waals surface area contributed by atoms with Gasteiger partial charge in [-0.15, -0.1) is 0 Å². The fourth-order valence-electron chi connectivity index (χ4n) is 2.43. The number of nitrogens with one attached hydrogen (secondary N) is 1. The molecule has 1 amide bonds. The van der Waals surface area contributed by atoms with Crippen LogP contribution in [0.4, 0.5) is 0 Å². The van der Waals surface area contributed by atoms with Gasteiger partial charge in [-0.25, -0.2) is 4.98 Å². The highest BCUT2D eigenvalue weighted by atomic mass is 16.5. The minimum atomic E-state index is -0.115. The third-order valence-electron chi connectivity index (χ3n) is 3.59. The van der Waals surface area contributed by atoms with Crippen molar-refractivity contribution in [2.24, 2.45) is 0 Å².